The highest BCUT2D eigenvalue weighted by atomic mass is 16.5. The summed E-state index contributed by atoms with van der Waals surface area (Å²) in [6.07, 6.45) is 2.25. The number of ether oxygens (including phenoxy) is 3. The summed E-state index contributed by atoms with van der Waals surface area (Å²) in [7, 11) is 3.43. The van der Waals surface area contributed by atoms with Crippen molar-refractivity contribution in [3.8, 4) is 0 Å². The molecule has 1 atom stereocenters. The molecule has 1 aliphatic rings. The fourth-order valence-corrected chi connectivity index (χ4v) is 2.47. The quantitative estimate of drug-likeness (QED) is 0.747. The zero-order valence-electron chi connectivity index (χ0n) is 13.9. The van der Waals surface area contributed by atoms with Crippen molar-refractivity contribution in [3.05, 3.63) is 29.8 Å². The van der Waals surface area contributed by atoms with Crippen LogP contribution in [0.3, 0.4) is 0 Å². The smallest absolute Gasteiger partial charge is 0.321 e. The van der Waals surface area contributed by atoms with E-state index in [4.69, 9.17) is 14.2 Å². The first-order chi connectivity index (χ1) is 11.2. The Bertz CT molecular complexity index is 489. The lowest BCUT2D eigenvalue weighted by atomic mass is 10.2. The van der Waals surface area contributed by atoms with Gasteiger partial charge >= 0.3 is 6.03 Å². The second-order valence-corrected chi connectivity index (χ2v) is 5.69. The second-order valence-electron chi connectivity index (χ2n) is 5.69. The summed E-state index contributed by atoms with van der Waals surface area (Å²) in [5.41, 5.74) is 1.78. The number of hydrogen-bond donors (Lipinski definition) is 1. The molecule has 2 amide bonds. The van der Waals surface area contributed by atoms with Crippen LogP contribution in [0.2, 0.25) is 0 Å². The van der Waals surface area contributed by atoms with E-state index in [0.717, 1.165) is 30.7 Å². The molecule has 1 aromatic carbocycles. The monoisotopic (exact) mass is 322 g/mol. The van der Waals surface area contributed by atoms with Crippen molar-refractivity contribution in [1.82, 2.24) is 4.90 Å². The Kier molecular flexibility index (Phi) is 7.32. The summed E-state index contributed by atoms with van der Waals surface area (Å²) in [6, 6.07) is 7.54. The number of nitrogens with one attached hydrogen (secondary N) is 1. The van der Waals surface area contributed by atoms with Gasteiger partial charge in [0.1, 0.15) is 0 Å². The molecule has 0 aliphatic carbocycles. The lowest BCUT2D eigenvalue weighted by Gasteiger charge is -2.21. The summed E-state index contributed by atoms with van der Waals surface area (Å²) in [5.74, 6) is 0. The zero-order chi connectivity index (χ0) is 16.5. The van der Waals surface area contributed by atoms with Crippen molar-refractivity contribution in [2.75, 3.05) is 45.8 Å². The van der Waals surface area contributed by atoms with Crippen LogP contribution in [-0.4, -0.2) is 57.6 Å². The minimum atomic E-state index is -0.127. The van der Waals surface area contributed by atoms with E-state index >= 15 is 0 Å². The number of benzene rings is 1. The van der Waals surface area contributed by atoms with E-state index in [1.165, 1.54) is 0 Å². The van der Waals surface area contributed by atoms with E-state index in [9.17, 15) is 4.79 Å². The van der Waals surface area contributed by atoms with Crippen LogP contribution in [-0.2, 0) is 20.8 Å². The van der Waals surface area contributed by atoms with Gasteiger partial charge in [0.2, 0.25) is 0 Å². The van der Waals surface area contributed by atoms with Gasteiger partial charge in [-0.15, -0.1) is 0 Å². The maximum Gasteiger partial charge on any atom is 0.321 e. The summed E-state index contributed by atoms with van der Waals surface area (Å²) in [5, 5.41) is 2.91. The number of rotatable bonds is 8. The molecular formula is C17H26N2O4. The van der Waals surface area contributed by atoms with Crippen LogP contribution in [0.25, 0.3) is 0 Å². The van der Waals surface area contributed by atoms with E-state index in [-0.39, 0.29) is 12.1 Å². The predicted octanol–water partition coefficient (Wildman–Crippen LogP) is 2.49. The third-order valence-corrected chi connectivity index (χ3v) is 3.73. The fourth-order valence-electron chi connectivity index (χ4n) is 2.47. The molecule has 0 saturated carbocycles. The Morgan fingerprint density at radius 2 is 2.30 bits per heavy atom. The van der Waals surface area contributed by atoms with E-state index in [0.29, 0.717) is 26.4 Å². The number of anilines is 1. The van der Waals surface area contributed by atoms with Gasteiger partial charge in [0.05, 0.1) is 25.9 Å². The molecule has 1 N–H and O–H groups in total. The van der Waals surface area contributed by atoms with Gasteiger partial charge in [0.15, 0.2) is 0 Å². The van der Waals surface area contributed by atoms with Crippen LogP contribution in [0.5, 0.6) is 0 Å². The first-order valence-electron chi connectivity index (χ1n) is 7.98. The average Bonchev–Trinajstić information content (AvgIpc) is 3.05. The third kappa shape index (κ3) is 6.17. The van der Waals surface area contributed by atoms with E-state index in [1.807, 2.05) is 24.3 Å². The lowest BCUT2D eigenvalue weighted by Crippen LogP contribution is -2.37. The van der Waals surface area contributed by atoms with Crippen molar-refractivity contribution in [2.24, 2.45) is 0 Å². The highest BCUT2D eigenvalue weighted by molar-refractivity contribution is 5.89. The Hall–Kier alpha value is -1.63. The first-order valence-corrected chi connectivity index (χ1v) is 7.98. The average molecular weight is 322 g/mol. The van der Waals surface area contributed by atoms with Crippen LogP contribution in [0.1, 0.15) is 18.4 Å². The third-order valence-electron chi connectivity index (χ3n) is 3.73. The summed E-state index contributed by atoms with van der Waals surface area (Å²) < 4.78 is 16.0. The molecule has 0 spiro atoms. The van der Waals surface area contributed by atoms with Gasteiger partial charge < -0.3 is 24.4 Å². The molecule has 0 radical (unpaired) electrons. The fraction of sp³-hybridized carbons (Fsp3) is 0.588. The standard InChI is InChI=1S/C17H26N2O4/c1-19(12-16-7-4-8-23-16)17(20)18-15-6-3-5-14(11-15)13-22-10-9-21-2/h3,5-6,11,16H,4,7-10,12-13H2,1-2H3,(H,18,20)/t16-/m1/s1. The molecule has 128 valence electrons. The highest BCUT2D eigenvalue weighted by Crippen LogP contribution is 2.15. The number of nitrogens with zero attached hydrogens (tertiary/aromatic N) is 1. The number of hydrogen-bond acceptors (Lipinski definition) is 4. The maximum atomic E-state index is 12.2. The van der Waals surface area contributed by atoms with Crippen molar-refractivity contribution >= 4 is 11.7 Å². The topological polar surface area (TPSA) is 60.0 Å². The molecule has 1 heterocycles. The van der Waals surface area contributed by atoms with Gasteiger partial charge in [-0.3, -0.25) is 0 Å². The Morgan fingerprint density at radius 3 is 3.04 bits per heavy atom. The van der Waals surface area contributed by atoms with Crippen molar-refractivity contribution in [2.45, 2.75) is 25.6 Å². The molecule has 2 rings (SSSR count). The molecule has 0 unspecified atom stereocenters. The minimum absolute atomic E-state index is 0.127. The summed E-state index contributed by atoms with van der Waals surface area (Å²) in [6.45, 7) is 3.04. The van der Waals surface area contributed by atoms with Crippen LogP contribution in [0, 0.1) is 0 Å². The van der Waals surface area contributed by atoms with E-state index < -0.39 is 0 Å². The van der Waals surface area contributed by atoms with E-state index in [1.54, 1.807) is 19.1 Å². The number of carbonyl (C=O) groups excluding carboxylic acids is 1. The molecule has 1 aliphatic heterocycles. The van der Waals surface area contributed by atoms with Crippen molar-refractivity contribution < 1.29 is 19.0 Å². The maximum absolute atomic E-state index is 12.2. The zero-order valence-corrected chi connectivity index (χ0v) is 13.9. The van der Waals surface area contributed by atoms with Gasteiger partial charge in [0, 0.05) is 33.0 Å². The molecular weight excluding hydrogens is 296 g/mol. The molecule has 0 aromatic heterocycles. The van der Waals surface area contributed by atoms with Gasteiger partial charge in [-0.25, -0.2) is 4.79 Å². The highest BCUT2D eigenvalue weighted by Gasteiger charge is 2.20. The largest absolute Gasteiger partial charge is 0.382 e. The number of amides is 2. The SMILES string of the molecule is COCCOCc1cccc(NC(=O)N(C)C[C@H]2CCCO2)c1. The molecule has 6 nitrogen and oxygen atoms in total. The van der Waals surface area contributed by atoms with Crippen molar-refractivity contribution in [3.63, 3.8) is 0 Å². The summed E-state index contributed by atoms with van der Waals surface area (Å²) >= 11 is 0. The lowest BCUT2D eigenvalue weighted by molar-refractivity contribution is 0.0617. The Balaban J connectivity index is 1.80. The van der Waals surface area contributed by atoms with Gasteiger partial charge in [0.25, 0.3) is 0 Å². The van der Waals surface area contributed by atoms with Crippen molar-refractivity contribution in [1.29, 1.82) is 0 Å². The van der Waals surface area contributed by atoms with Crippen LogP contribution < -0.4 is 5.32 Å². The number of likely N-dealkylation sites (N-methyl/N-ethyl adjacent to an activating group) is 1. The molecule has 23 heavy (non-hydrogen) atoms. The van der Waals surface area contributed by atoms with Crippen LogP contribution in [0.15, 0.2) is 24.3 Å². The normalized spacial score (nSPS) is 17.2. The van der Waals surface area contributed by atoms with Gasteiger partial charge in [-0.05, 0) is 30.5 Å². The number of urea groups is 1. The van der Waals surface area contributed by atoms with Gasteiger partial charge in [-0.1, -0.05) is 12.1 Å². The van der Waals surface area contributed by atoms with Crippen LogP contribution in [0.4, 0.5) is 10.5 Å². The van der Waals surface area contributed by atoms with Gasteiger partial charge in [-0.2, -0.15) is 0 Å². The predicted molar refractivity (Wildman–Crippen MR) is 88.6 cm³/mol. The molecule has 0 bridgehead atoms. The first kappa shape index (κ1) is 17.7. The van der Waals surface area contributed by atoms with Crippen LogP contribution >= 0.6 is 0 Å². The Labute approximate surface area is 137 Å². The molecule has 1 saturated heterocycles. The molecule has 1 aromatic rings. The number of methoxy groups -OCH3 is 1. The number of carbonyl (C=O) groups is 1. The van der Waals surface area contributed by atoms with E-state index in [2.05, 4.69) is 5.32 Å². The minimum Gasteiger partial charge on any atom is -0.382 e. The summed E-state index contributed by atoms with van der Waals surface area (Å²) in [4.78, 5) is 13.9. The molecule has 1 fully saturated rings. The Morgan fingerprint density at radius 1 is 1.43 bits per heavy atom. The molecule has 6 heteroatoms. The second kappa shape index (κ2) is 9.50.